The van der Waals surface area contributed by atoms with Gasteiger partial charge < -0.3 is 14.2 Å². The third-order valence-electron chi connectivity index (χ3n) is 4.96. The van der Waals surface area contributed by atoms with Crippen LogP contribution in [0.15, 0.2) is 24.3 Å². The normalized spacial score (nSPS) is 26.3. The highest BCUT2D eigenvalue weighted by Gasteiger charge is 2.32. The Balaban J connectivity index is 1.56. The predicted octanol–water partition coefficient (Wildman–Crippen LogP) is 3.22. The lowest BCUT2D eigenvalue weighted by atomic mass is 9.82. The van der Waals surface area contributed by atoms with Crippen LogP contribution in [0.5, 0.6) is 0 Å². The van der Waals surface area contributed by atoms with Crippen LogP contribution in [-0.4, -0.2) is 45.2 Å². The number of ether oxygens (including phenoxy) is 3. The van der Waals surface area contributed by atoms with Gasteiger partial charge in [-0.3, -0.25) is 4.90 Å². The first kappa shape index (κ1) is 17.7. The van der Waals surface area contributed by atoms with Crippen LogP contribution in [0.3, 0.4) is 0 Å². The third kappa shape index (κ3) is 4.30. The largest absolute Gasteiger partial charge is 0.441 e. The van der Waals surface area contributed by atoms with Crippen molar-refractivity contribution in [2.45, 2.75) is 43.8 Å². The van der Waals surface area contributed by atoms with Crippen molar-refractivity contribution >= 4 is 11.8 Å². The SMILES string of the molecule is COCC1CN(c2ccc(C3CCC(OCC#N)CC3)cc2)C(=O)O1. The quantitative estimate of drug-likeness (QED) is 0.792. The maximum Gasteiger partial charge on any atom is 0.414 e. The van der Waals surface area contributed by atoms with Crippen LogP contribution in [0.1, 0.15) is 37.2 Å². The Kier molecular flexibility index (Phi) is 5.90. The Morgan fingerprint density at radius 2 is 1.96 bits per heavy atom. The molecule has 1 aliphatic heterocycles. The van der Waals surface area contributed by atoms with Crippen LogP contribution >= 0.6 is 0 Å². The van der Waals surface area contributed by atoms with Crippen molar-refractivity contribution in [1.82, 2.24) is 0 Å². The van der Waals surface area contributed by atoms with E-state index in [0.717, 1.165) is 31.4 Å². The molecule has 1 heterocycles. The number of carbonyl (C=O) groups is 1. The van der Waals surface area contributed by atoms with E-state index in [2.05, 4.69) is 12.1 Å². The lowest BCUT2D eigenvalue weighted by Gasteiger charge is -2.28. The predicted molar refractivity (Wildman–Crippen MR) is 92.5 cm³/mol. The molecule has 25 heavy (non-hydrogen) atoms. The number of anilines is 1. The molecule has 1 atom stereocenters. The van der Waals surface area contributed by atoms with Crippen molar-refractivity contribution in [1.29, 1.82) is 5.26 Å². The number of cyclic esters (lactones) is 1. The summed E-state index contributed by atoms with van der Waals surface area (Å²) >= 11 is 0. The number of carbonyl (C=O) groups excluding carboxylic acids is 1. The van der Waals surface area contributed by atoms with Gasteiger partial charge in [-0.1, -0.05) is 12.1 Å². The fraction of sp³-hybridized carbons (Fsp3) is 0.579. The molecule has 0 N–H and O–H groups in total. The number of benzene rings is 1. The van der Waals surface area contributed by atoms with E-state index in [1.54, 1.807) is 12.0 Å². The Morgan fingerprint density at radius 1 is 1.24 bits per heavy atom. The number of methoxy groups -OCH3 is 1. The first-order valence-electron chi connectivity index (χ1n) is 8.77. The van der Waals surface area contributed by atoms with Crippen molar-refractivity contribution in [3.63, 3.8) is 0 Å². The van der Waals surface area contributed by atoms with Crippen molar-refractivity contribution < 1.29 is 19.0 Å². The number of nitrogens with zero attached hydrogens (tertiary/aromatic N) is 2. The van der Waals surface area contributed by atoms with E-state index in [1.165, 1.54) is 5.56 Å². The van der Waals surface area contributed by atoms with Gasteiger partial charge in [0.15, 0.2) is 0 Å². The summed E-state index contributed by atoms with van der Waals surface area (Å²) in [5.74, 6) is 0.516. The molecule has 2 fully saturated rings. The van der Waals surface area contributed by atoms with Gasteiger partial charge >= 0.3 is 6.09 Å². The van der Waals surface area contributed by atoms with Crippen LogP contribution in [0.4, 0.5) is 10.5 Å². The summed E-state index contributed by atoms with van der Waals surface area (Å²) in [7, 11) is 1.60. The number of hydrogen-bond donors (Lipinski definition) is 0. The molecule has 134 valence electrons. The molecular weight excluding hydrogens is 320 g/mol. The molecule has 0 aromatic heterocycles. The minimum atomic E-state index is -0.315. The minimum absolute atomic E-state index is 0.181. The van der Waals surface area contributed by atoms with E-state index in [0.29, 0.717) is 19.1 Å². The van der Waals surface area contributed by atoms with Gasteiger partial charge in [-0.2, -0.15) is 5.26 Å². The summed E-state index contributed by atoms with van der Waals surface area (Å²) < 4.78 is 15.9. The molecule has 2 aliphatic rings. The molecule has 1 saturated carbocycles. The van der Waals surface area contributed by atoms with E-state index < -0.39 is 0 Å². The topological polar surface area (TPSA) is 71.8 Å². The van der Waals surface area contributed by atoms with Gasteiger partial charge in [-0.15, -0.1) is 0 Å². The molecule has 1 aliphatic carbocycles. The molecule has 1 aromatic rings. The Hall–Kier alpha value is -2.10. The summed E-state index contributed by atoms with van der Waals surface area (Å²) in [6.45, 7) is 1.12. The van der Waals surface area contributed by atoms with Crippen molar-refractivity contribution in [3.8, 4) is 6.07 Å². The first-order chi connectivity index (χ1) is 12.2. The van der Waals surface area contributed by atoms with Gasteiger partial charge in [0.2, 0.25) is 0 Å². The minimum Gasteiger partial charge on any atom is -0.441 e. The third-order valence-corrected chi connectivity index (χ3v) is 4.96. The monoisotopic (exact) mass is 344 g/mol. The van der Waals surface area contributed by atoms with Crippen molar-refractivity contribution in [3.05, 3.63) is 29.8 Å². The van der Waals surface area contributed by atoms with Crippen LogP contribution in [0.2, 0.25) is 0 Å². The van der Waals surface area contributed by atoms with Crippen molar-refractivity contribution in [2.75, 3.05) is 31.8 Å². The maximum atomic E-state index is 12.0. The fourth-order valence-electron chi connectivity index (χ4n) is 3.65. The molecule has 1 aromatic carbocycles. The Morgan fingerprint density at radius 3 is 2.60 bits per heavy atom. The smallest absolute Gasteiger partial charge is 0.414 e. The molecule has 0 bridgehead atoms. The lowest BCUT2D eigenvalue weighted by molar-refractivity contribution is 0.0446. The van der Waals surface area contributed by atoms with Crippen LogP contribution in [-0.2, 0) is 14.2 Å². The molecule has 0 spiro atoms. The lowest BCUT2D eigenvalue weighted by Crippen LogP contribution is -2.25. The molecule has 6 heteroatoms. The number of hydrogen-bond acceptors (Lipinski definition) is 5. The summed E-state index contributed by atoms with van der Waals surface area (Å²) in [6.07, 6.45) is 3.81. The van der Waals surface area contributed by atoms with Gasteiger partial charge in [0, 0.05) is 12.8 Å². The van der Waals surface area contributed by atoms with Crippen LogP contribution < -0.4 is 4.90 Å². The Bertz CT molecular complexity index is 617. The summed E-state index contributed by atoms with van der Waals surface area (Å²) in [5.41, 5.74) is 2.15. The molecule has 1 unspecified atom stereocenters. The van der Waals surface area contributed by atoms with E-state index in [4.69, 9.17) is 19.5 Å². The van der Waals surface area contributed by atoms with E-state index in [9.17, 15) is 4.79 Å². The standard InChI is InChI=1S/C19H24N2O4/c1-23-13-18-12-21(19(22)25-18)16-6-2-14(3-7-16)15-4-8-17(9-5-15)24-11-10-20/h2-3,6-7,15,17-18H,4-5,8-9,11-13H2,1H3. The molecule has 1 amide bonds. The number of rotatable bonds is 6. The maximum absolute atomic E-state index is 12.0. The fourth-order valence-corrected chi connectivity index (χ4v) is 3.65. The summed E-state index contributed by atoms with van der Waals surface area (Å²) in [5, 5.41) is 8.59. The zero-order valence-corrected chi connectivity index (χ0v) is 14.5. The van der Waals surface area contributed by atoms with E-state index >= 15 is 0 Å². The van der Waals surface area contributed by atoms with Gasteiger partial charge in [-0.05, 0) is 49.3 Å². The summed E-state index contributed by atoms with van der Waals surface area (Å²) in [6, 6.07) is 10.2. The zero-order valence-electron chi connectivity index (χ0n) is 14.5. The average molecular weight is 344 g/mol. The molecule has 1 saturated heterocycles. The second-order valence-corrected chi connectivity index (χ2v) is 6.61. The highest BCUT2D eigenvalue weighted by molar-refractivity contribution is 5.89. The number of amides is 1. The highest BCUT2D eigenvalue weighted by atomic mass is 16.6. The second kappa shape index (κ2) is 8.32. The van der Waals surface area contributed by atoms with Gasteiger partial charge in [0.1, 0.15) is 12.7 Å². The highest BCUT2D eigenvalue weighted by Crippen LogP contribution is 2.35. The summed E-state index contributed by atoms with van der Waals surface area (Å²) in [4.78, 5) is 13.6. The van der Waals surface area contributed by atoms with Gasteiger partial charge in [0.25, 0.3) is 0 Å². The molecule has 0 radical (unpaired) electrons. The molecule has 3 rings (SSSR count). The second-order valence-electron chi connectivity index (χ2n) is 6.61. The zero-order chi connectivity index (χ0) is 17.6. The van der Waals surface area contributed by atoms with Crippen LogP contribution in [0.25, 0.3) is 0 Å². The molecular formula is C19H24N2O4. The van der Waals surface area contributed by atoms with Crippen molar-refractivity contribution in [2.24, 2.45) is 0 Å². The van der Waals surface area contributed by atoms with Gasteiger partial charge in [0.05, 0.1) is 25.3 Å². The Labute approximate surface area is 148 Å². The van der Waals surface area contributed by atoms with E-state index in [1.807, 2.05) is 18.2 Å². The first-order valence-corrected chi connectivity index (χ1v) is 8.77. The average Bonchev–Trinajstić information content (AvgIpc) is 3.01. The number of nitriles is 1. The molecule has 6 nitrogen and oxygen atoms in total. The van der Waals surface area contributed by atoms with Gasteiger partial charge in [-0.25, -0.2) is 4.79 Å². The van der Waals surface area contributed by atoms with E-state index in [-0.39, 0.29) is 24.9 Å². The van der Waals surface area contributed by atoms with Crippen LogP contribution in [0, 0.1) is 11.3 Å².